The van der Waals surface area contributed by atoms with Crippen LogP contribution >= 0.6 is 0 Å². The van der Waals surface area contributed by atoms with E-state index in [2.05, 4.69) is 19.2 Å². The van der Waals surface area contributed by atoms with Crippen molar-refractivity contribution in [1.82, 2.24) is 5.32 Å². The fourth-order valence-corrected chi connectivity index (χ4v) is 7.29. The van der Waals surface area contributed by atoms with E-state index in [0.717, 1.165) is 12.0 Å². The van der Waals surface area contributed by atoms with Crippen molar-refractivity contribution in [2.24, 2.45) is 16.7 Å². The summed E-state index contributed by atoms with van der Waals surface area (Å²) in [7, 11) is 0. The third-order valence-corrected chi connectivity index (χ3v) is 6.74. The van der Waals surface area contributed by atoms with Gasteiger partial charge in [-0.3, -0.25) is 0 Å². The second-order valence-corrected chi connectivity index (χ2v) is 9.39. The predicted molar refractivity (Wildman–Crippen MR) is 80.1 cm³/mol. The summed E-state index contributed by atoms with van der Waals surface area (Å²) < 4.78 is 0. The van der Waals surface area contributed by atoms with E-state index < -0.39 is 0 Å². The molecule has 5 rings (SSSR count). The Labute approximate surface area is 118 Å². The summed E-state index contributed by atoms with van der Waals surface area (Å²) in [6, 6.07) is 0.845. The molecule has 5 aliphatic rings. The van der Waals surface area contributed by atoms with Gasteiger partial charge in [0.25, 0.3) is 0 Å². The molecule has 5 fully saturated rings. The molecule has 5 saturated carbocycles. The molecule has 0 aliphatic heterocycles. The van der Waals surface area contributed by atoms with E-state index in [1.807, 2.05) is 0 Å². The molecule has 0 heterocycles. The van der Waals surface area contributed by atoms with Crippen molar-refractivity contribution in [2.45, 2.75) is 96.1 Å². The van der Waals surface area contributed by atoms with Gasteiger partial charge in [-0.2, -0.15) is 0 Å². The van der Waals surface area contributed by atoms with Gasteiger partial charge < -0.3 is 5.32 Å². The van der Waals surface area contributed by atoms with Crippen LogP contribution in [0.3, 0.4) is 0 Å². The molecular weight excluding hydrogens is 230 g/mol. The lowest BCUT2D eigenvalue weighted by Gasteiger charge is -2.66. The molecule has 0 aromatic rings. The topological polar surface area (TPSA) is 12.0 Å². The van der Waals surface area contributed by atoms with Crippen LogP contribution in [0.1, 0.15) is 84.5 Å². The molecule has 1 heteroatoms. The Morgan fingerprint density at radius 3 is 2.00 bits per heavy atom. The first-order chi connectivity index (χ1) is 8.99. The standard InChI is InChI=1S/C18H31N/c1-16-8-14-9-17(2,11-16)13-18(10-14,12-16)19-15-6-4-3-5-7-15/h14-15,19H,3-13H2,1-2H3. The average Bonchev–Trinajstić information content (AvgIpc) is 2.24. The summed E-state index contributed by atoms with van der Waals surface area (Å²) in [6.45, 7) is 5.18. The van der Waals surface area contributed by atoms with Crippen molar-refractivity contribution in [1.29, 1.82) is 0 Å². The smallest absolute Gasteiger partial charge is 0.0197 e. The van der Waals surface area contributed by atoms with Gasteiger partial charge in [0.2, 0.25) is 0 Å². The molecule has 0 aromatic carbocycles. The van der Waals surface area contributed by atoms with Crippen molar-refractivity contribution in [3.05, 3.63) is 0 Å². The summed E-state index contributed by atoms with van der Waals surface area (Å²) in [5.74, 6) is 1.03. The van der Waals surface area contributed by atoms with Crippen LogP contribution in [0.15, 0.2) is 0 Å². The second kappa shape index (κ2) is 4.00. The fourth-order valence-electron chi connectivity index (χ4n) is 7.29. The van der Waals surface area contributed by atoms with E-state index in [1.54, 1.807) is 0 Å². The number of hydrogen-bond donors (Lipinski definition) is 1. The Kier molecular flexibility index (Phi) is 2.67. The first kappa shape index (κ1) is 12.7. The Morgan fingerprint density at radius 2 is 1.42 bits per heavy atom. The van der Waals surface area contributed by atoms with Crippen LogP contribution in [0.25, 0.3) is 0 Å². The molecule has 4 bridgehead atoms. The molecule has 5 aliphatic carbocycles. The first-order valence-corrected chi connectivity index (χ1v) is 8.76. The number of nitrogens with one attached hydrogen (secondary N) is 1. The van der Waals surface area contributed by atoms with Gasteiger partial charge in [0.1, 0.15) is 0 Å². The average molecular weight is 261 g/mol. The zero-order valence-corrected chi connectivity index (χ0v) is 12.9. The van der Waals surface area contributed by atoms with Crippen LogP contribution in [0, 0.1) is 16.7 Å². The first-order valence-electron chi connectivity index (χ1n) is 8.76. The SMILES string of the molecule is CC12CC3CC(C)(C1)CC(NC1CCCCC1)(C3)C2. The van der Waals surface area contributed by atoms with Gasteiger partial charge in [0.15, 0.2) is 0 Å². The molecular formula is C18H31N. The Morgan fingerprint density at radius 1 is 0.789 bits per heavy atom. The lowest BCUT2D eigenvalue weighted by molar-refractivity contribution is -0.121. The third-order valence-electron chi connectivity index (χ3n) is 6.74. The molecule has 0 amide bonds. The van der Waals surface area contributed by atoms with E-state index in [9.17, 15) is 0 Å². The van der Waals surface area contributed by atoms with E-state index in [1.165, 1.54) is 70.6 Å². The van der Waals surface area contributed by atoms with Crippen molar-refractivity contribution < 1.29 is 0 Å². The minimum Gasteiger partial charge on any atom is -0.308 e. The normalized spacial score (nSPS) is 53.7. The van der Waals surface area contributed by atoms with Gasteiger partial charge >= 0.3 is 0 Å². The fraction of sp³-hybridized carbons (Fsp3) is 1.00. The van der Waals surface area contributed by atoms with E-state index in [4.69, 9.17) is 0 Å². The Bertz CT molecular complexity index is 350. The Hall–Kier alpha value is -0.0400. The number of rotatable bonds is 2. The van der Waals surface area contributed by atoms with Crippen LogP contribution in [0.4, 0.5) is 0 Å². The lowest BCUT2D eigenvalue weighted by Crippen LogP contribution is -2.65. The summed E-state index contributed by atoms with van der Waals surface area (Å²) in [5, 5.41) is 4.21. The van der Waals surface area contributed by atoms with Crippen LogP contribution in [-0.2, 0) is 0 Å². The van der Waals surface area contributed by atoms with Crippen molar-refractivity contribution >= 4 is 0 Å². The zero-order valence-electron chi connectivity index (χ0n) is 12.9. The maximum absolute atomic E-state index is 4.21. The van der Waals surface area contributed by atoms with Crippen LogP contribution in [0.5, 0.6) is 0 Å². The van der Waals surface area contributed by atoms with Gasteiger partial charge in [-0.1, -0.05) is 33.1 Å². The van der Waals surface area contributed by atoms with Crippen LogP contribution in [0.2, 0.25) is 0 Å². The molecule has 0 aromatic heterocycles. The highest BCUT2D eigenvalue weighted by molar-refractivity contribution is 5.14. The summed E-state index contributed by atoms with van der Waals surface area (Å²) in [4.78, 5) is 0. The highest BCUT2D eigenvalue weighted by atomic mass is 15.0. The monoisotopic (exact) mass is 261 g/mol. The van der Waals surface area contributed by atoms with Gasteiger partial charge in [-0.05, 0) is 68.1 Å². The Balaban J connectivity index is 1.56. The maximum atomic E-state index is 4.21. The molecule has 108 valence electrons. The number of hydrogen-bond acceptors (Lipinski definition) is 1. The molecule has 19 heavy (non-hydrogen) atoms. The predicted octanol–water partition coefficient (Wildman–Crippen LogP) is 4.66. The van der Waals surface area contributed by atoms with Crippen LogP contribution in [-0.4, -0.2) is 11.6 Å². The summed E-state index contributed by atoms with van der Waals surface area (Å²) in [5.41, 5.74) is 1.86. The minimum atomic E-state index is 0.533. The van der Waals surface area contributed by atoms with Gasteiger partial charge in [-0.25, -0.2) is 0 Å². The molecule has 1 N–H and O–H groups in total. The highest BCUT2D eigenvalue weighted by Gasteiger charge is 2.60. The quantitative estimate of drug-likeness (QED) is 0.762. The third kappa shape index (κ3) is 2.17. The van der Waals surface area contributed by atoms with Gasteiger partial charge in [0.05, 0.1) is 0 Å². The van der Waals surface area contributed by atoms with Crippen LogP contribution < -0.4 is 5.32 Å². The van der Waals surface area contributed by atoms with Gasteiger partial charge in [-0.15, -0.1) is 0 Å². The van der Waals surface area contributed by atoms with E-state index in [-0.39, 0.29) is 0 Å². The highest BCUT2D eigenvalue weighted by Crippen LogP contribution is 2.66. The van der Waals surface area contributed by atoms with Crippen molar-refractivity contribution in [2.75, 3.05) is 0 Å². The second-order valence-electron chi connectivity index (χ2n) is 9.39. The van der Waals surface area contributed by atoms with Crippen molar-refractivity contribution in [3.63, 3.8) is 0 Å². The van der Waals surface area contributed by atoms with Crippen molar-refractivity contribution in [3.8, 4) is 0 Å². The minimum absolute atomic E-state index is 0.533. The zero-order chi connectivity index (χ0) is 13.1. The summed E-state index contributed by atoms with van der Waals surface area (Å²) >= 11 is 0. The van der Waals surface area contributed by atoms with E-state index >= 15 is 0 Å². The summed E-state index contributed by atoms with van der Waals surface area (Å²) in [6.07, 6.45) is 16.3. The lowest BCUT2D eigenvalue weighted by atomic mass is 9.42. The molecule has 0 saturated heterocycles. The molecule has 1 nitrogen and oxygen atoms in total. The van der Waals surface area contributed by atoms with E-state index in [0.29, 0.717) is 16.4 Å². The molecule has 2 atom stereocenters. The molecule has 2 unspecified atom stereocenters. The largest absolute Gasteiger partial charge is 0.308 e. The molecule has 0 radical (unpaired) electrons. The van der Waals surface area contributed by atoms with Gasteiger partial charge in [0, 0.05) is 11.6 Å². The molecule has 0 spiro atoms. The maximum Gasteiger partial charge on any atom is 0.0197 e.